The number of para-hydroxylation sites is 1. The van der Waals surface area contributed by atoms with Crippen LogP contribution in [0.1, 0.15) is 0 Å². The number of piperazine rings is 1. The third-order valence-corrected chi connectivity index (χ3v) is 3.71. The Morgan fingerprint density at radius 3 is 2.85 bits per heavy atom. The van der Waals surface area contributed by atoms with Crippen LogP contribution in [0.25, 0.3) is 0 Å². The molecule has 1 saturated heterocycles. The van der Waals surface area contributed by atoms with Gasteiger partial charge in [0.15, 0.2) is 0 Å². The van der Waals surface area contributed by atoms with Crippen molar-refractivity contribution >= 4 is 34.8 Å². The van der Waals surface area contributed by atoms with Crippen molar-refractivity contribution in [2.24, 2.45) is 0 Å². The van der Waals surface area contributed by atoms with Gasteiger partial charge in [-0.3, -0.25) is 9.69 Å². The summed E-state index contributed by atoms with van der Waals surface area (Å²) >= 11 is 12.0. The second-order valence-corrected chi connectivity index (χ2v) is 5.28. The molecule has 2 N–H and O–H groups in total. The van der Waals surface area contributed by atoms with Crippen LogP contribution in [-0.4, -0.2) is 43.0 Å². The van der Waals surface area contributed by atoms with E-state index >= 15 is 0 Å². The number of amides is 1. The lowest BCUT2D eigenvalue weighted by molar-refractivity contribution is -0.117. The molecule has 0 saturated carbocycles. The van der Waals surface area contributed by atoms with Crippen LogP contribution in [-0.2, 0) is 4.79 Å². The number of hydrogen-bond donors (Lipinski definition) is 2. The highest BCUT2D eigenvalue weighted by Gasteiger charge is 2.24. The lowest BCUT2D eigenvalue weighted by atomic mass is 10.2. The fourth-order valence-corrected chi connectivity index (χ4v) is 2.54. The number of nitrogens with one attached hydrogen (secondary N) is 2. The summed E-state index contributed by atoms with van der Waals surface area (Å²) in [6.45, 7) is 2.12. The number of halogens is 2. The van der Waals surface area contributed by atoms with Crippen LogP contribution in [0.15, 0.2) is 18.2 Å². The number of rotatable bonds is 3. The summed E-state index contributed by atoms with van der Waals surface area (Å²) in [7, 11) is 0. The monoisotopic (exact) mass is 312 g/mol. The fourth-order valence-electron chi connectivity index (χ4n) is 2.04. The zero-order valence-corrected chi connectivity index (χ0v) is 12.2. The molecule has 1 atom stereocenters. The van der Waals surface area contributed by atoms with Crippen LogP contribution in [0.5, 0.6) is 0 Å². The second kappa shape index (κ2) is 6.91. The number of nitrogens with zero attached hydrogens (tertiary/aromatic N) is 2. The van der Waals surface area contributed by atoms with E-state index in [1.54, 1.807) is 18.2 Å². The molecule has 1 aromatic carbocycles. The molecular formula is C13H14Cl2N4O. The maximum atomic E-state index is 12.0. The predicted octanol–water partition coefficient (Wildman–Crippen LogP) is 1.73. The van der Waals surface area contributed by atoms with E-state index in [2.05, 4.69) is 16.7 Å². The van der Waals surface area contributed by atoms with E-state index in [4.69, 9.17) is 28.5 Å². The molecule has 106 valence electrons. The highest BCUT2D eigenvalue weighted by molar-refractivity contribution is 6.39. The van der Waals surface area contributed by atoms with E-state index < -0.39 is 0 Å². The van der Waals surface area contributed by atoms with E-state index in [1.165, 1.54) is 0 Å². The molecule has 1 aromatic rings. The molecule has 1 amide bonds. The first-order valence-corrected chi connectivity index (χ1v) is 6.95. The van der Waals surface area contributed by atoms with Crippen LogP contribution < -0.4 is 10.6 Å². The van der Waals surface area contributed by atoms with Gasteiger partial charge in [0.25, 0.3) is 0 Å². The van der Waals surface area contributed by atoms with Gasteiger partial charge in [0.05, 0.1) is 28.3 Å². The molecule has 20 heavy (non-hydrogen) atoms. The third kappa shape index (κ3) is 3.62. The Bertz CT molecular complexity index is 523. The summed E-state index contributed by atoms with van der Waals surface area (Å²) in [5.41, 5.74) is 0.407. The topological polar surface area (TPSA) is 68.2 Å². The Labute approximate surface area is 127 Å². The van der Waals surface area contributed by atoms with Gasteiger partial charge >= 0.3 is 0 Å². The average Bonchev–Trinajstić information content (AvgIpc) is 2.44. The van der Waals surface area contributed by atoms with Crippen molar-refractivity contribution in [2.45, 2.75) is 6.04 Å². The smallest absolute Gasteiger partial charge is 0.238 e. The van der Waals surface area contributed by atoms with Crippen LogP contribution >= 0.6 is 23.2 Å². The summed E-state index contributed by atoms with van der Waals surface area (Å²) < 4.78 is 0. The molecule has 1 heterocycles. The predicted molar refractivity (Wildman–Crippen MR) is 78.9 cm³/mol. The summed E-state index contributed by atoms with van der Waals surface area (Å²) in [5, 5.41) is 15.6. The lowest BCUT2D eigenvalue weighted by Crippen LogP contribution is -2.52. The molecule has 7 heteroatoms. The molecule has 1 aliphatic rings. The van der Waals surface area contributed by atoms with Gasteiger partial charge in [-0.2, -0.15) is 5.26 Å². The number of nitriles is 1. The molecule has 0 aliphatic carbocycles. The number of anilines is 1. The largest absolute Gasteiger partial charge is 0.322 e. The van der Waals surface area contributed by atoms with Crippen LogP contribution in [0.2, 0.25) is 10.0 Å². The molecule has 0 aromatic heterocycles. The van der Waals surface area contributed by atoms with Crippen molar-refractivity contribution < 1.29 is 4.79 Å². The number of carbonyl (C=O) groups is 1. The van der Waals surface area contributed by atoms with Crippen LogP contribution in [0, 0.1) is 11.3 Å². The van der Waals surface area contributed by atoms with E-state index in [1.807, 2.05) is 4.90 Å². The normalized spacial score (nSPS) is 19.4. The van der Waals surface area contributed by atoms with Crippen molar-refractivity contribution in [2.75, 3.05) is 31.5 Å². The van der Waals surface area contributed by atoms with Crippen LogP contribution in [0.4, 0.5) is 5.69 Å². The maximum absolute atomic E-state index is 12.0. The summed E-state index contributed by atoms with van der Waals surface area (Å²) in [5.74, 6) is -0.234. The van der Waals surface area contributed by atoms with Gasteiger partial charge in [0, 0.05) is 19.6 Å². The van der Waals surface area contributed by atoms with Gasteiger partial charge in [0.1, 0.15) is 6.04 Å². The zero-order valence-electron chi connectivity index (χ0n) is 10.7. The lowest BCUT2D eigenvalue weighted by Gasteiger charge is -2.31. The third-order valence-electron chi connectivity index (χ3n) is 3.08. The number of benzene rings is 1. The van der Waals surface area contributed by atoms with E-state index in [0.717, 1.165) is 6.54 Å². The van der Waals surface area contributed by atoms with Gasteiger partial charge in [-0.05, 0) is 12.1 Å². The van der Waals surface area contributed by atoms with Gasteiger partial charge in [-0.25, -0.2) is 0 Å². The first kappa shape index (κ1) is 15.1. The minimum absolute atomic E-state index is 0.140. The van der Waals surface area contributed by atoms with Gasteiger partial charge in [-0.1, -0.05) is 29.3 Å². The number of carbonyl (C=O) groups excluding carboxylic acids is 1. The Hall–Kier alpha value is -1.32. The first-order valence-electron chi connectivity index (χ1n) is 6.20. The minimum Gasteiger partial charge on any atom is -0.322 e. The first-order chi connectivity index (χ1) is 9.61. The molecule has 0 spiro atoms. The molecule has 1 fully saturated rings. The molecule has 1 unspecified atom stereocenters. The van der Waals surface area contributed by atoms with Crippen molar-refractivity contribution in [3.63, 3.8) is 0 Å². The summed E-state index contributed by atoms with van der Waals surface area (Å²) in [4.78, 5) is 13.9. The zero-order chi connectivity index (χ0) is 14.5. The van der Waals surface area contributed by atoms with Gasteiger partial charge in [0.2, 0.25) is 5.91 Å². The summed E-state index contributed by atoms with van der Waals surface area (Å²) in [6.07, 6.45) is 0. The standard InChI is InChI=1S/C13H14Cl2N4O/c14-10-2-1-3-11(15)13(10)18-12(20)8-19-5-4-17-7-9(19)6-16/h1-3,9,17H,4-5,7-8H2,(H,18,20). The van der Waals surface area contributed by atoms with Crippen LogP contribution in [0.3, 0.4) is 0 Å². The Kier molecular flexibility index (Phi) is 5.21. The van der Waals surface area contributed by atoms with E-state index in [9.17, 15) is 4.79 Å². The van der Waals surface area contributed by atoms with Gasteiger partial charge in [-0.15, -0.1) is 0 Å². The van der Waals surface area contributed by atoms with E-state index in [0.29, 0.717) is 28.8 Å². The minimum atomic E-state index is -0.295. The van der Waals surface area contributed by atoms with E-state index in [-0.39, 0.29) is 18.5 Å². The SMILES string of the molecule is N#CC1CNCCN1CC(=O)Nc1c(Cl)cccc1Cl. The second-order valence-electron chi connectivity index (χ2n) is 4.46. The molecule has 0 bridgehead atoms. The van der Waals surface area contributed by atoms with Crippen molar-refractivity contribution in [1.29, 1.82) is 5.26 Å². The Morgan fingerprint density at radius 1 is 1.50 bits per heavy atom. The fraction of sp³-hybridized carbons (Fsp3) is 0.385. The average molecular weight is 313 g/mol. The van der Waals surface area contributed by atoms with Crippen molar-refractivity contribution in [3.8, 4) is 6.07 Å². The molecule has 2 rings (SSSR count). The quantitative estimate of drug-likeness (QED) is 0.892. The summed E-state index contributed by atoms with van der Waals surface area (Å²) in [6, 6.07) is 6.91. The molecule has 0 radical (unpaired) electrons. The Morgan fingerprint density at radius 2 is 2.20 bits per heavy atom. The molecule has 1 aliphatic heterocycles. The van der Waals surface area contributed by atoms with Crippen molar-refractivity contribution in [1.82, 2.24) is 10.2 Å². The highest BCUT2D eigenvalue weighted by atomic mass is 35.5. The maximum Gasteiger partial charge on any atom is 0.238 e. The number of hydrogen-bond acceptors (Lipinski definition) is 4. The molecular weight excluding hydrogens is 299 g/mol. The molecule has 5 nitrogen and oxygen atoms in total. The van der Waals surface area contributed by atoms with Gasteiger partial charge < -0.3 is 10.6 Å². The highest BCUT2D eigenvalue weighted by Crippen LogP contribution is 2.29. The Balaban J connectivity index is 2.00. The van der Waals surface area contributed by atoms with Crippen molar-refractivity contribution in [3.05, 3.63) is 28.2 Å².